The number of thiophene rings is 1. The number of aryl methyl sites for hydroxylation is 1. The van der Waals surface area contributed by atoms with Crippen molar-refractivity contribution in [1.82, 2.24) is 4.90 Å². The average Bonchev–Trinajstić information content (AvgIpc) is 2.96. The van der Waals surface area contributed by atoms with Crippen molar-refractivity contribution < 1.29 is 4.79 Å². The minimum absolute atomic E-state index is 0.204. The predicted molar refractivity (Wildman–Crippen MR) is 89.2 cm³/mol. The summed E-state index contributed by atoms with van der Waals surface area (Å²) in [4.78, 5) is 15.6. The maximum absolute atomic E-state index is 12.5. The van der Waals surface area contributed by atoms with Crippen LogP contribution in [0.5, 0.6) is 0 Å². The summed E-state index contributed by atoms with van der Waals surface area (Å²) in [5, 5.41) is 2.05. The van der Waals surface area contributed by atoms with Gasteiger partial charge in [-0.05, 0) is 49.4 Å². The number of benzene rings is 1. The Bertz CT molecular complexity index is 561. The molecule has 0 unspecified atom stereocenters. The zero-order chi connectivity index (χ0) is 15.2. The number of amides is 1. The largest absolute Gasteiger partial charge is 0.399 e. The average molecular weight is 302 g/mol. The first-order valence-electron chi connectivity index (χ1n) is 7.22. The van der Waals surface area contributed by atoms with E-state index in [1.54, 1.807) is 11.3 Å². The van der Waals surface area contributed by atoms with Crippen LogP contribution in [-0.2, 0) is 17.8 Å². The van der Waals surface area contributed by atoms with Gasteiger partial charge in [0, 0.05) is 23.0 Å². The summed E-state index contributed by atoms with van der Waals surface area (Å²) in [7, 11) is 0. The molecular weight excluding hydrogens is 280 g/mol. The number of carbonyl (C=O) groups is 1. The van der Waals surface area contributed by atoms with Gasteiger partial charge in [0.15, 0.2) is 0 Å². The number of hydrogen-bond donors (Lipinski definition) is 1. The van der Waals surface area contributed by atoms with Gasteiger partial charge in [-0.25, -0.2) is 0 Å². The van der Waals surface area contributed by atoms with Crippen molar-refractivity contribution in [2.45, 2.75) is 39.3 Å². The second-order valence-electron chi connectivity index (χ2n) is 5.44. The molecule has 0 radical (unpaired) electrons. The highest BCUT2D eigenvalue weighted by Gasteiger charge is 2.17. The molecule has 2 aromatic rings. The Morgan fingerprint density at radius 2 is 1.95 bits per heavy atom. The van der Waals surface area contributed by atoms with Crippen LogP contribution in [0.4, 0.5) is 5.69 Å². The van der Waals surface area contributed by atoms with Crippen LogP contribution in [0.1, 0.15) is 30.7 Å². The zero-order valence-corrected chi connectivity index (χ0v) is 13.4. The smallest absolute Gasteiger partial charge is 0.223 e. The Labute approximate surface area is 130 Å². The van der Waals surface area contributed by atoms with Crippen LogP contribution in [0.15, 0.2) is 41.8 Å². The Morgan fingerprint density at radius 1 is 1.24 bits per heavy atom. The molecule has 2 N–H and O–H groups in total. The highest BCUT2D eigenvalue weighted by atomic mass is 32.1. The molecule has 0 fully saturated rings. The molecule has 0 saturated heterocycles. The summed E-state index contributed by atoms with van der Waals surface area (Å²) in [5.41, 5.74) is 7.58. The van der Waals surface area contributed by atoms with E-state index in [9.17, 15) is 4.79 Å². The van der Waals surface area contributed by atoms with E-state index in [-0.39, 0.29) is 11.9 Å². The number of anilines is 1. The van der Waals surface area contributed by atoms with Gasteiger partial charge < -0.3 is 10.6 Å². The lowest BCUT2D eigenvalue weighted by Gasteiger charge is -2.26. The van der Waals surface area contributed by atoms with Gasteiger partial charge in [-0.1, -0.05) is 18.2 Å². The first-order valence-corrected chi connectivity index (χ1v) is 8.10. The Kier molecular flexibility index (Phi) is 5.39. The van der Waals surface area contributed by atoms with Gasteiger partial charge in [-0.15, -0.1) is 11.3 Å². The predicted octanol–water partition coefficient (Wildman–Crippen LogP) is 3.70. The van der Waals surface area contributed by atoms with Crippen molar-refractivity contribution in [1.29, 1.82) is 0 Å². The first-order chi connectivity index (χ1) is 10.1. The van der Waals surface area contributed by atoms with Crippen LogP contribution in [0, 0.1) is 0 Å². The van der Waals surface area contributed by atoms with Crippen LogP contribution in [0.3, 0.4) is 0 Å². The van der Waals surface area contributed by atoms with Gasteiger partial charge >= 0.3 is 0 Å². The van der Waals surface area contributed by atoms with E-state index in [1.807, 2.05) is 40.6 Å². The SMILES string of the molecule is CC(C)N(Cc1cccs1)C(=O)CCc1ccc(N)cc1. The molecule has 0 bridgehead atoms. The second kappa shape index (κ2) is 7.27. The van der Waals surface area contributed by atoms with Gasteiger partial charge in [0.05, 0.1) is 6.54 Å². The zero-order valence-electron chi connectivity index (χ0n) is 12.6. The van der Waals surface area contributed by atoms with E-state index < -0.39 is 0 Å². The summed E-state index contributed by atoms with van der Waals surface area (Å²) in [6.45, 7) is 4.83. The number of hydrogen-bond acceptors (Lipinski definition) is 3. The van der Waals surface area contributed by atoms with Gasteiger partial charge in [0.2, 0.25) is 5.91 Å². The minimum Gasteiger partial charge on any atom is -0.399 e. The molecule has 1 aromatic carbocycles. The van der Waals surface area contributed by atoms with E-state index in [0.717, 1.165) is 17.7 Å². The molecule has 2 rings (SSSR count). The number of nitrogens with zero attached hydrogens (tertiary/aromatic N) is 1. The molecule has 1 amide bonds. The van der Waals surface area contributed by atoms with E-state index >= 15 is 0 Å². The number of carbonyl (C=O) groups excluding carboxylic acids is 1. The highest BCUT2D eigenvalue weighted by molar-refractivity contribution is 7.09. The van der Waals surface area contributed by atoms with E-state index in [1.165, 1.54) is 4.88 Å². The summed E-state index contributed by atoms with van der Waals surface area (Å²) in [6, 6.07) is 12.1. The van der Waals surface area contributed by atoms with Crippen LogP contribution in [0.25, 0.3) is 0 Å². The lowest BCUT2D eigenvalue weighted by molar-refractivity contribution is -0.133. The van der Waals surface area contributed by atoms with Crippen molar-refractivity contribution in [3.63, 3.8) is 0 Å². The minimum atomic E-state index is 0.204. The molecule has 0 aliphatic carbocycles. The van der Waals surface area contributed by atoms with Gasteiger partial charge in [-0.3, -0.25) is 4.79 Å². The fourth-order valence-electron chi connectivity index (χ4n) is 2.21. The van der Waals surface area contributed by atoms with Crippen molar-refractivity contribution in [3.05, 3.63) is 52.2 Å². The normalized spacial score (nSPS) is 10.8. The Morgan fingerprint density at radius 3 is 2.52 bits per heavy atom. The van der Waals surface area contributed by atoms with Crippen LogP contribution in [-0.4, -0.2) is 16.8 Å². The molecule has 1 aromatic heterocycles. The summed E-state index contributed by atoms with van der Waals surface area (Å²) < 4.78 is 0. The van der Waals surface area contributed by atoms with Crippen LogP contribution in [0.2, 0.25) is 0 Å². The van der Waals surface area contributed by atoms with Crippen molar-refractivity contribution >= 4 is 22.9 Å². The van der Waals surface area contributed by atoms with Gasteiger partial charge in [0.25, 0.3) is 0 Å². The van der Waals surface area contributed by atoms with E-state index in [0.29, 0.717) is 13.0 Å². The lowest BCUT2D eigenvalue weighted by Crippen LogP contribution is -2.36. The van der Waals surface area contributed by atoms with Crippen molar-refractivity contribution in [2.24, 2.45) is 0 Å². The molecule has 112 valence electrons. The molecule has 0 saturated carbocycles. The Balaban J connectivity index is 1.93. The monoisotopic (exact) mass is 302 g/mol. The third-order valence-corrected chi connectivity index (χ3v) is 4.32. The van der Waals surface area contributed by atoms with Gasteiger partial charge in [0.1, 0.15) is 0 Å². The molecule has 0 atom stereocenters. The fourth-order valence-corrected chi connectivity index (χ4v) is 2.91. The maximum atomic E-state index is 12.5. The summed E-state index contributed by atoms with van der Waals surface area (Å²) in [6.07, 6.45) is 1.29. The third kappa shape index (κ3) is 4.60. The van der Waals surface area contributed by atoms with Gasteiger partial charge in [-0.2, -0.15) is 0 Å². The molecule has 0 spiro atoms. The topological polar surface area (TPSA) is 46.3 Å². The Hall–Kier alpha value is -1.81. The number of nitrogen functional groups attached to an aromatic ring is 1. The fraction of sp³-hybridized carbons (Fsp3) is 0.353. The number of rotatable bonds is 6. The van der Waals surface area contributed by atoms with Crippen LogP contribution >= 0.6 is 11.3 Å². The number of nitrogens with two attached hydrogens (primary N) is 1. The third-order valence-electron chi connectivity index (χ3n) is 3.46. The molecule has 3 nitrogen and oxygen atoms in total. The van der Waals surface area contributed by atoms with Crippen molar-refractivity contribution in [2.75, 3.05) is 5.73 Å². The molecule has 0 aliphatic rings. The maximum Gasteiger partial charge on any atom is 0.223 e. The summed E-state index contributed by atoms with van der Waals surface area (Å²) in [5.74, 6) is 0.204. The standard InChI is InChI=1S/C17H22N2OS/c1-13(2)19(12-16-4-3-11-21-16)17(20)10-7-14-5-8-15(18)9-6-14/h3-6,8-9,11,13H,7,10,12,18H2,1-2H3. The van der Waals surface area contributed by atoms with Crippen molar-refractivity contribution in [3.8, 4) is 0 Å². The first kappa shape index (κ1) is 15.6. The highest BCUT2D eigenvalue weighted by Crippen LogP contribution is 2.16. The molecule has 1 heterocycles. The second-order valence-corrected chi connectivity index (χ2v) is 6.47. The lowest BCUT2D eigenvalue weighted by atomic mass is 10.1. The van der Waals surface area contributed by atoms with Crippen LogP contribution < -0.4 is 5.73 Å². The molecule has 4 heteroatoms. The molecule has 0 aliphatic heterocycles. The van der Waals surface area contributed by atoms with E-state index in [2.05, 4.69) is 19.9 Å². The van der Waals surface area contributed by atoms with E-state index in [4.69, 9.17) is 5.73 Å². The molecular formula is C17H22N2OS. The summed E-state index contributed by atoms with van der Waals surface area (Å²) >= 11 is 1.69. The molecule has 21 heavy (non-hydrogen) atoms. The quantitative estimate of drug-likeness (QED) is 0.827.